The summed E-state index contributed by atoms with van der Waals surface area (Å²) in [5.41, 5.74) is 10.7. The van der Waals surface area contributed by atoms with Gasteiger partial charge in [0.15, 0.2) is 0 Å². The van der Waals surface area contributed by atoms with Crippen molar-refractivity contribution in [2.75, 3.05) is 26.9 Å². The molecule has 1 aromatic carbocycles. The number of carbonyl (C=O) groups is 3. The average molecular weight is 1150 g/mol. The van der Waals surface area contributed by atoms with Crippen LogP contribution >= 0.6 is 0 Å². The van der Waals surface area contributed by atoms with E-state index in [4.69, 9.17) is 38.9 Å². The molecule has 11 nitrogen and oxygen atoms in total. The van der Waals surface area contributed by atoms with Crippen LogP contribution < -0.4 is 14.7 Å². The van der Waals surface area contributed by atoms with Gasteiger partial charge in [-0.1, -0.05) is 94.1 Å². The van der Waals surface area contributed by atoms with Crippen molar-refractivity contribution in [1.82, 2.24) is 19.9 Å². The number of allylic oxidation sites excluding steroid dienone is 5. The van der Waals surface area contributed by atoms with E-state index >= 15 is 0 Å². The molecule has 76 heavy (non-hydrogen) atoms. The molecule has 2 aliphatic heterocycles. The van der Waals surface area contributed by atoms with Crippen molar-refractivity contribution < 1.29 is 75.7 Å². The van der Waals surface area contributed by atoms with Crippen LogP contribution in [0.15, 0.2) is 36.9 Å². The molecule has 0 fully saturated rings. The molecule has 0 aliphatic carbocycles. The normalized spacial score (nSPS) is 12.3. The van der Waals surface area contributed by atoms with E-state index in [0.29, 0.717) is 107 Å². The summed E-state index contributed by atoms with van der Waals surface area (Å²) in [6, 6.07) is 7.35. The SMILES string of the molecule is C=CCCC1=C(C)c2cc3[n-]c(cc4nc(cc5[n-]c(cc1n2)c(C)c5CCC(=O)OCCC(C)C)C(C)=C4CCC(=O)Oc1c(F)c(F)c(F)c(F)c1F)c(C)c3CCC(=O)OCCC(C)C.COCCC(C)C.[Pd+2]. The number of benzene rings is 1. The molecule has 2 aliphatic rings. The number of ether oxygens (including phenoxy) is 4. The first-order chi connectivity index (χ1) is 35.6. The molecule has 3 aromatic heterocycles. The quantitative estimate of drug-likeness (QED) is 0.0141. The van der Waals surface area contributed by atoms with E-state index < -0.39 is 47.2 Å². The van der Waals surface area contributed by atoms with Gasteiger partial charge >= 0.3 is 38.3 Å². The summed E-state index contributed by atoms with van der Waals surface area (Å²) < 4.78 is 91.5. The fourth-order valence-corrected chi connectivity index (χ4v) is 8.41. The predicted octanol–water partition coefficient (Wildman–Crippen LogP) is 13.8. The third kappa shape index (κ3) is 16.4. The van der Waals surface area contributed by atoms with Gasteiger partial charge in [0.2, 0.25) is 34.8 Å². The van der Waals surface area contributed by atoms with Crippen LogP contribution in [0.2, 0.25) is 0 Å². The Labute approximate surface area is 457 Å². The van der Waals surface area contributed by atoms with E-state index in [1.807, 2.05) is 66.7 Å². The maximum Gasteiger partial charge on any atom is 2.00 e. The largest absolute Gasteiger partial charge is 2.00 e. The van der Waals surface area contributed by atoms with Gasteiger partial charge in [-0.05, 0) is 119 Å². The van der Waals surface area contributed by atoms with E-state index in [1.54, 1.807) is 26.2 Å². The summed E-state index contributed by atoms with van der Waals surface area (Å²) in [7, 11) is 1.74. The van der Waals surface area contributed by atoms with E-state index in [0.717, 1.165) is 58.8 Å². The number of hydrogen-bond acceptors (Lipinski definition) is 9. The van der Waals surface area contributed by atoms with Gasteiger partial charge in [-0.25, -0.2) is 23.1 Å². The van der Waals surface area contributed by atoms with Gasteiger partial charge in [-0.15, -0.1) is 28.6 Å². The van der Waals surface area contributed by atoms with Crippen LogP contribution in [-0.2, 0) is 61.9 Å². The molecule has 6 rings (SSSR count). The molecule has 0 saturated heterocycles. The topological polar surface area (TPSA) is 142 Å². The Morgan fingerprint density at radius 3 is 1.33 bits per heavy atom. The first-order valence-corrected chi connectivity index (χ1v) is 25.7. The van der Waals surface area contributed by atoms with Gasteiger partial charge in [0, 0.05) is 26.6 Å². The molecule has 0 atom stereocenters. The standard InChI is InChI=1S/C53H57F5N4O6.C6H14O.Pd/c1-10-11-12-33-29(6)37-24-42-35(14-17-46(64)67-22-20-28(4)5)31(8)39(61-42)26-44-36(15-18-47(65)68-53-51(57)49(55)48(54)50(56)52(53)58)32(9)40(62-44)25-43-34(13-16-45(63)66-21-19-27(2)3)30(7)38(60-43)23-41(33)59-37;1-6(2)4-5-7-3;/h10,23-28H,1,11-22H2,2-9H3;6H,4-5H2,1-3H3;/q-2;;+2. The van der Waals surface area contributed by atoms with Crippen LogP contribution in [0.4, 0.5) is 22.0 Å². The summed E-state index contributed by atoms with van der Waals surface area (Å²) in [5.74, 6) is -13.6. The number of hydrogen-bond donors (Lipinski definition) is 0. The van der Waals surface area contributed by atoms with Crippen molar-refractivity contribution >= 4 is 62.3 Å². The first kappa shape index (κ1) is 62.8. The summed E-state index contributed by atoms with van der Waals surface area (Å²) in [5, 5.41) is 0. The summed E-state index contributed by atoms with van der Waals surface area (Å²) >= 11 is 0. The van der Waals surface area contributed by atoms with Gasteiger partial charge in [0.25, 0.3) is 0 Å². The zero-order valence-corrected chi connectivity index (χ0v) is 47.1. The molecule has 0 N–H and O–H groups in total. The second kappa shape index (κ2) is 29.1. The smallest absolute Gasteiger partial charge is 0.657 e. The van der Waals surface area contributed by atoms with Crippen LogP contribution in [0.1, 0.15) is 158 Å². The number of carbonyl (C=O) groups excluding carboxylic acids is 3. The molecule has 0 radical (unpaired) electrons. The van der Waals surface area contributed by atoms with E-state index in [9.17, 15) is 36.3 Å². The monoisotopic (exact) mass is 1150 g/mol. The first-order valence-electron chi connectivity index (χ1n) is 25.7. The van der Waals surface area contributed by atoms with Crippen LogP contribution in [0.5, 0.6) is 5.75 Å². The van der Waals surface area contributed by atoms with Crippen molar-refractivity contribution in [3.05, 3.63) is 111 Å². The molecular weight excluding hydrogens is 1080 g/mol. The van der Waals surface area contributed by atoms with E-state index in [2.05, 4.69) is 20.4 Å². The fraction of sp³-hybridized carbons (Fsp3) is 0.475. The Kier molecular flexibility index (Phi) is 24.0. The minimum Gasteiger partial charge on any atom is -0.657 e. The second-order valence-electron chi connectivity index (χ2n) is 20.2. The van der Waals surface area contributed by atoms with Crippen LogP contribution in [0.3, 0.4) is 0 Å². The van der Waals surface area contributed by atoms with E-state index in [-0.39, 0.29) is 51.6 Å². The molecule has 0 amide bonds. The zero-order valence-electron chi connectivity index (χ0n) is 45.6. The Bertz CT molecular complexity index is 2960. The number of aromatic nitrogens is 4. The molecular formula is C59H71F5N4O7Pd. The Morgan fingerprint density at radius 2 is 0.934 bits per heavy atom. The third-order valence-corrected chi connectivity index (χ3v) is 13.2. The Balaban J connectivity index is 0.00000146. The maximum absolute atomic E-state index is 14.5. The average Bonchev–Trinajstić information content (AvgIpc) is 4.02. The summed E-state index contributed by atoms with van der Waals surface area (Å²) in [6.07, 6.45) is 5.96. The Hall–Kier alpha value is -5.76. The number of esters is 3. The van der Waals surface area contributed by atoms with Gasteiger partial charge in [0.1, 0.15) is 0 Å². The third-order valence-electron chi connectivity index (χ3n) is 13.2. The number of rotatable bonds is 22. The number of methoxy groups -OCH3 is 1. The molecule has 414 valence electrons. The van der Waals surface area contributed by atoms with Gasteiger partial charge in [0.05, 0.1) is 42.4 Å². The minimum absolute atomic E-state index is 0. The van der Waals surface area contributed by atoms with Crippen LogP contribution in [0.25, 0.3) is 44.4 Å². The van der Waals surface area contributed by atoms with Crippen molar-refractivity contribution in [2.24, 2.45) is 17.8 Å². The van der Waals surface area contributed by atoms with Crippen molar-refractivity contribution in [1.29, 1.82) is 0 Å². The number of aryl methyl sites for hydroxylation is 4. The molecule has 17 heteroatoms. The van der Waals surface area contributed by atoms with Crippen molar-refractivity contribution in [3.8, 4) is 5.75 Å². The predicted molar refractivity (Wildman–Crippen MR) is 283 cm³/mol. The Morgan fingerprint density at radius 1 is 0.553 bits per heavy atom. The van der Waals surface area contributed by atoms with Crippen molar-refractivity contribution in [3.63, 3.8) is 0 Å². The van der Waals surface area contributed by atoms with E-state index in [1.165, 1.54) is 6.42 Å². The molecule has 0 spiro atoms. The number of nitrogens with zero attached hydrogens (tertiary/aromatic N) is 4. The van der Waals surface area contributed by atoms with Gasteiger partial charge < -0.3 is 28.9 Å². The molecule has 0 unspecified atom stereocenters. The minimum atomic E-state index is -2.38. The van der Waals surface area contributed by atoms with Crippen molar-refractivity contribution in [2.45, 2.75) is 140 Å². The zero-order chi connectivity index (χ0) is 55.3. The fourth-order valence-electron chi connectivity index (χ4n) is 8.41. The second-order valence-corrected chi connectivity index (χ2v) is 20.2. The summed E-state index contributed by atoms with van der Waals surface area (Å²) in [4.78, 5) is 59.4. The molecule has 5 heterocycles. The van der Waals surface area contributed by atoms with Crippen LogP contribution in [0, 0.1) is 60.7 Å². The van der Waals surface area contributed by atoms with Crippen LogP contribution in [-0.4, -0.2) is 54.8 Å². The number of halogens is 5. The number of fused-ring (bicyclic) bond motifs is 8. The molecule has 8 bridgehead atoms. The molecule has 4 aromatic rings. The van der Waals surface area contributed by atoms with Gasteiger partial charge in [-0.3, -0.25) is 14.4 Å². The maximum atomic E-state index is 14.5. The van der Waals surface area contributed by atoms with Gasteiger partial charge in [-0.2, -0.15) is 8.78 Å². The molecule has 0 saturated carbocycles. The summed E-state index contributed by atoms with van der Waals surface area (Å²) in [6.45, 7) is 25.6.